The molecule has 0 N–H and O–H groups in total. The van der Waals surface area contributed by atoms with E-state index in [2.05, 4.69) is 35.4 Å². The monoisotopic (exact) mass is 455 g/mol. The van der Waals surface area contributed by atoms with Gasteiger partial charge in [0.25, 0.3) is 0 Å². The van der Waals surface area contributed by atoms with Crippen LogP contribution in [0.3, 0.4) is 0 Å². The van der Waals surface area contributed by atoms with Crippen LogP contribution in [0.15, 0.2) is 23.4 Å². The molecule has 0 bridgehead atoms. The molecule has 2 fully saturated rings. The lowest BCUT2D eigenvalue weighted by Gasteiger charge is -2.26. The summed E-state index contributed by atoms with van der Waals surface area (Å²) in [6.07, 6.45) is 7.93. The van der Waals surface area contributed by atoms with Crippen LogP contribution in [0.2, 0.25) is 0 Å². The number of fused-ring (bicyclic) bond motifs is 1. The number of hydrogen-bond donors (Lipinski definition) is 0. The van der Waals surface area contributed by atoms with Crippen molar-refractivity contribution in [1.29, 1.82) is 0 Å². The van der Waals surface area contributed by atoms with Crippen molar-refractivity contribution >= 4 is 17.7 Å². The molecule has 2 aromatic rings. The molecule has 6 nitrogen and oxygen atoms in total. The lowest BCUT2D eigenvalue weighted by atomic mass is 10.0. The van der Waals surface area contributed by atoms with Gasteiger partial charge in [0.15, 0.2) is 16.7 Å². The number of ether oxygens (including phenoxy) is 2. The van der Waals surface area contributed by atoms with Gasteiger partial charge < -0.3 is 18.9 Å². The van der Waals surface area contributed by atoms with Gasteiger partial charge in [0.05, 0.1) is 30.7 Å². The van der Waals surface area contributed by atoms with Crippen molar-refractivity contribution in [3.63, 3.8) is 0 Å². The Hall–Kier alpha value is -2.15. The zero-order valence-electron chi connectivity index (χ0n) is 19.1. The van der Waals surface area contributed by atoms with Crippen molar-refractivity contribution in [1.82, 2.24) is 14.5 Å². The van der Waals surface area contributed by atoms with Crippen LogP contribution in [-0.2, 0) is 4.79 Å². The first-order valence-corrected chi connectivity index (χ1v) is 13.0. The van der Waals surface area contributed by atoms with Crippen LogP contribution in [0.5, 0.6) is 11.5 Å². The second-order valence-corrected chi connectivity index (χ2v) is 10.1. The van der Waals surface area contributed by atoms with Crippen molar-refractivity contribution in [2.75, 3.05) is 25.5 Å². The van der Waals surface area contributed by atoms with Gasteiger partial charge in [-0.3, -0.25) is 4.79 Å². The van der Waals surface area contributed by atoms with Crippen molar-refractivity contribution in [3.05, 3.63) is 35.2 Å². The fourth-order valence-electron chi connectivity index (χ4n) is 5.30. The largest absolute Gasteiger partial charge is 0.490 e. The fraction of sp³-hybridized carbons (Fsp3) is 0.600. The van der Waals surface area contributed by atoms with Gasteiger partial charge in [-0.15, -0.1) is 0 Å². The van der Waals surface area contributed by atoms with Crippen molar-refractivity contribution < 1.29 is 14.3 Å². The lowest BCUT2D eigenvalue weighted by Crippen LogP contribution is -2.32. The highest BCUT2D eigenvalue weighted by Crippen LogP contribution is 2.39. The van der Waals surface area contributed by atoms with Gasteiger partial charge in [-0.25, -0.2) is 4.98 Å². The predicted octanol–water partition coefficient (Wildman–Crippen LogP) is 5.23. The summed E-state index contributed by atoms with van der Waals surface area (Å²) < 4.78 is 14.1. The third-order valence-corrected chi connectivity index (χ3v) is 8.04. The van der Waals surface area contributed by atoms with Crippen molar-refractivity contribution in [2.24, 2.45) is 0 Å². The molecule has 0 unspecified atom stereocenters. The second-order valence-electron chi connectivity index (χ2n) is 9.16. The minimum absolute atomic E-state index is 0.110. The molecule has 0 spiro atoms. The van der Waals surface area contributed by atoms with Crippen LogP contribution in [0.4, 0.5) is 0 Å². The van der Waals surface area contributed by atoms with Gasteiger partial charge in [-0.1, -0.05) is 30.7 Å². The summed E-state index contributed by atoms with van der Waals surface area (Å²) in [7, 11) is 0. The Balaban J connectivity index is 1.29. The third kappa shape index (κ3) is 4.24. The van der Waals surface area contributed by atoms with E-state index in [0.29, 0.717) is 25.0 Å². The summed E-state index contributed by atoms with van der Waals surface area (Å²) in [5.41, 5.74) is 3.47. The topological polar surface area (TPSA) is 56.6 Å². The van der Waals surface area contributed by atoms with Crippen LogP contribution in [-0.4, -0.2) is 45.9 Å². The number of carbonyl (C=O) groups is 1. The minimum Gasteiger partial charge on any atom is -0.490 e. The first-order valence-electron chi connectivity index (χ1n) is 12.0. The maximum Gasteiger partial charge on any atom is 0.233 e. The highest BCUT2D eigenvalue weighted by molar-refractivity contribution is 7.99. The van der Waals surface area contributed by atoms with Crippen LogP contribution in [0, 0.1) is 13.8 Å². The summed E-state index contributed by atoms with van der Waals surface area (Å²) in [5, 5.41) is 1.01. The molecule has 1 atom stereocenters. The molecule has 2 aliphatic heterocycles. The Bertz CT molecular complexity index is 983. The highest BCUT2D eigenvalue weighted by Gasteiger charge is 2.31. The number of hydrogen-bond acceptors (Lipinski definition) is 5. The normalized spacial score (nSPS) is 21.2. The maximum atomic E-state index is 13.3. The van der Waals surface area contributed by atoms with Crippen molar-refractivity contribution in [3.8, 4) is 11.5 Å². The molecule has 1 amide bonds. The van der Waals surface area contributed by atoms with Crippen LogP contribution >= 0.6 is 11.8 Å². The Kier molecular flexibility index (Phi) is 6.35. The number of thioether (sulfide) groups is 1. The van der Waals surface area contributed by atoms with E-state index in [1.54, 1.807) is 11.8 Å². The molecule has 7 heteroatoms. The Morgan fingerprint density at radius 3 is 2.66 bits per heavy atom. The average molecular weight is 456 g/mol. The van der Waals surface area contributed by atoms with E-state index in [0.717, 1.165) is 53.7 Å². The molecule has 1 saturated carbocycles. The zero-order chi connectivity index (χ0) is 22.1. The predicted molar refractivity (Wildman–Crippen MR) is 126 cm³/mol. The molecule has 1 saturated heterocycles. The van der Waals surface area contributed by atoms with Gasteiger partial charge in [0.1, 0.15) is 0 Å². The number of rotatable bonds is 5. The van der Waals surface area contributed by atoms with Crippen LogP contribution < -0.4 is 9.47 Å². The average Bonchev–Trinajstić information content (AvgIpc) is 3.51. The van der Waals surface area contributed by atoms with E-state index >= 15 is 0 Å². The summed E-state index contributed by atoms with van der Waals surface area (Å²) in [5.74, 6) is 2.24. The number of carbonyl (C=O) groups excluding carboxylic acids is 1. The van der Waals surface area contributed by atoms with Crippen LogP contribution in [0.25, 0.3) is 0 Å². The second kappa shape index (κ2) is 9.38. The lowest BCUT2D eigenvalue weighted by molar-refractivity contribution is -0.129. The summed E-state index contributed by atoms with van der Waals surface area (Å²) >= 11 is 1.60. The van der Waals surface area contributed by atoms with Gasteiger partial charge in [-0.05, 0) is 57.2 Å². The molecular formula is C25H33N3O3S. The number of aromatic nitrogens is 2. The van der Waals surface area contributed by atoms with Gasteiger partial charge in [-0.2, -0.15) is 0 Å². The zero-order valence-corrected chi connectivity index (χ0v) is 20.0. The van der Waals surface area contributed by atoms with Gasteiger partial charge in [0, 0.05) is 24.7 Å². The van der Waals surface area contributed by atoms with E-state index in [9.17, 15) is 4.79 Å². The Labute approximate surface area is 194 Å². The molecule has 172 valence electrons. The fourth-order valence-corrected chi connectivity index (χ4v) is 6.34. The first kappa shape index (κ1) is 21.7. The smallest absolute Gasteiger partial charge is 0.233 e. The summed E-state index contributed by atoms with van der Waals surface area (Å²) in [6.45, 7) is 6.41. The molecule has 3 heterocycles. The molecule has 3 aliphatic rings. The third-order valence-electron chi connectivity index (χ3n) is 7.10. The van der Waals surface area contributed by atoms with Crippen LogP contribution in [0.1, 0.15) is 74.0 Å². The van der Waals surface area contributed by atoms with E-state index in [4.69, 9.17) is 14.5 Å². The number of aryl methyl sites for hydroxylation is 1. The molecule has 1 aliphatic carbocycles. The molecule has 32 heavy (non-hydrogen) atoms. The Morgan fingerprint density at radius 1 is 1.06 bits per heavy atom. The number of amides is 1. The Morgan fingerprint density at radius 2 is 1.84 bits per heavy atom. The molecular weight excluding hydrogens is 422 g/mol. The number of imidazole rings is 1. The minimum atomic E-state index is 0.110. The number of benzene rings is 1. The van der Waals surface area contributed by atoms with Crippen molar-refractivity contribution in [2.45, 2.75) is 76.0 Å². The summed E-state index contributed by atoms with van der Waals surface area (Å²) in [6, 6.07) is 6.81. The number of nitrogens with zero attached hydrogens (tertiary/aromatic N) is 3. The van der Waals surface area contributed by atoms with E-state index in [1.807, 2.05) is 6.07 Å². The van der Waals surface area contributed by atoms with E-state index in [-0.39, 0.29) is 11.9 Å². The molecule has 1 aromatic heterocycles. The molecule has 1 aromatic carbocycles. The van der Waals surface area contributed by atoms with Gasteiger partial charge >= 0.3 is 0 Å². The highest BCUT2D eigenvalue weighted by atomic mass is 32.2. The summed E-state index contributed by atoms with van der Waals surface area (Å²) in [4.78, 5) is 20.1. The van der Waals surface area contributed by atoms with E-state index < -0.39 is 0 Å². The SMILES string of the molecule is Cc1nc(SCC(=O)N2CCC[C@@H]2c2ccc3c(c2)OCCCO3)n(C2CCCC2)c1C. The first-order chi connectivity index (χ1) is 15.6. The number of likely N-dealkylation sites (tertiary alicyclic amines) is 1. The van der Waals surface area contributed by atoms with Gasteiger partial charge in [0.2, 0.25) is 5.91 Å². The quantitative estimate of drug-likeness (QED) is 0.578. The molecule has 0 radical (unpaired) electrons. The standard InChI is InChI=1S/C25H33N3O3S/c1-17-18(2)28(20-7-3-4-8-20)25(26-17)32-16-24(29)27-12-5-9-21(27)19-10-11-22-23(15-19)31-14-6-13-30-22/h10-11,15,20-21H,3-9,12-14,16H2,1-2H3/t21-/m1/s1. The van der Waals surface area contributed by atoms with E-state index in [1.165, 1.54) is 31.4 Å². The molecule has 5 rings (SSSR count). The maximum absolute atomic E-state index is 13.3.